The molecule has 0 radical (unpaired) electrons. The van der Waals surface area contributed by atoms with E-state index in [0.29, 0.717) is 29.5 Å². The zero-order chi connectivity index (χ0) is 18.7. The van der Waals surface area contributed by atoms with Gasteiger partial charge in [-0.3, -0.25) is 9.59 Å². The number of nitrogens with zero attached hydrogens (tertiary/aromatic N) is 1. The molecule has 1 N–H and O–H groups in total. The molecule has 1 atom stereocenters. The van der Waals surface area contributed by atoms with Gasteiger partial charge in [0.15, 0.2) is 0 Å². The normalized spacial score (nSPS) is 16.7. The molecule has 1 aliphatic rings. The SMILES string of the molecule is COc1ccc(Cl)cc1N1CC(C(=O)NCc2ccc(C)cc2)CC1=O. The van der Waals surface area contributed by atoms with Crippen molar-refractivity contribution >= 4 is 29.1 Å². The second-order valence-corrected chi connectivity index (χ2v) is 6.86. The summed E-state index contributed by atoms with van der Waals surface area (Å²) in [5, 5.41) is 3.43. The molecule has 0 aliphatic carbocycles. The number of nitrogens with one attached hydrogen (secondary N) is 1. The highest BCUT2D eigenvalue weighted by Crippen LogP contribution is 2.35. The zero-order valence-corrected chi connectivity index (χ0v) is 15.5. The summed E-state index contributed by atoms with van der Waals surface area (Å²) >= 11 is 6.05. The minimum atomic E-state index is -0.392. The Morgan fingerprint density at radius 1 is 1.27 bits per heavy atom. The Labute approximate surface area is 157 Å². The molecule has 2 aromatic carbocycles. The van der Waals surface area contributed by atoms with Crippen molar-refractivity contribution in [3.05, 3.63) is 58.6 Å². The van der Waals surface area contributed by atoms with E-state index < -0.39 is 5.92 Å². The van der Waals surface area contributed by atoms with Crippen LogP contribution in [0.1, 0.15) is 17.5 Å². The van der Waals surface area contributed by atoms with E-state index >= 15 is 0 Å². The Morgan fingerprint density at radius 3 is 2.69 bits per heavy atom. The number of ether oxygens (including phenoxy) is 1. The highest BCUT2D eigenvalue weighted by molar-refractivity contribution is 6.31. The van der Waals surface area contributed by atoms with E-state index in [4.69, 9.17) is 16.3 Å². The van der Waals surface area contributed by atoms with E-state index in [1.165, 1.54) is 5.56 Å². The second-order valence-electron chi connectivity index (χ2n) is 6.42. The van der Waals surface area contributed by atoms with Crippen molar-refractivity contribution in [2.75, 3.05) is 18.6 Å². The summed E-state index contributed by atoms with van der Waals surface area (Å²) in [5.74, 6) is -0.0661. The molecular weight excluding hydrogens is 352 g/mol. The minimum Gasteiger partial charge on any atom is -0.495 e. The highest BCUT2D eigenvalue weighted by atomic mass is 35.5. The number of anilines is 1. The van der Waals surface area contributed by atoms with Crippen LogP contribution >= 0.6 is 11.6 Å². The van der Waals surface area contributed by atoms with Crippen LogP contribution in [0.15, 0.2) is 42.5 Å². The molecule has 1 saturated heterocycles. The molecule has 0 saturated carbocycles. The third kappa shape index (κ3) is 3.99. The van der Waals surface area contributed by atoms with Crippen LogP contribution in [0.4, 0.5) is 5.69 Å². The van der Waals surface area contributed by atoms with E-state index in [9.17, 15) is 9.59 Å². The average molecular weight is 373 g/mol. The standard InChI is InChI=1S/C20H21ClN2O3/c1-13-3-5-14(6-4-13)11-22-20(25)15-9-19(24)23(12-15)17-10-16(21)7-8-18(17)26-2/h3-8,10,15H,9,11-12H2,1-2H3,(H,22,25). The molecule has 3 rings (SSSR count). The van der Waals surface area contributed by atoms with Crippen LogP contribution in [-0.2, 0) is 16.1 Å². The number of amides is 2. The van der Waals surface area contributed by atoms with Gasteiger partial charge < -0.3 is 15.0 Å². The van der Waals surface area contributed by atoms with Gasteiger partial charge in [0.25, 0.3) is 0 Å². The largest absolute Gasteiger partial charge is 0.495 e. The van der Waals surface area contributed by atoms with Gasteiger partial charge in [-0.15, -0.1) is 0 Å². The maximum atomic E-state index is 12.5. The summed E-state index contributed by atoms with van der Waals surface area (Å²) in [4.78, 5) is 26.5. The lowest BCUT2D eigenvalue weighted by Gasteiger charge is -2.20. The van der Waals surface area contributed by atoms with Gasteiger partial charge >= 0.3 is 0 Å². The molecule has 0 spiro atoms. The molecule has 1 unspecified atom stereocenters. The van der Waals surface area contributed by atoms with E-state index in [2.05, 4.69) is 5.32 Å². The number of hydrogen-bond donors (Lipinski definition) is 1. The molecule has 1 aliphatic heterocycles. The monoisotopic (exact) mass is 372 g/mol. The molecule has 2 aromatic rings. The van der Waals surface area contributed by atoms with Crippen molar-refractivity contribution in [3.63, 3.8) is 0 Å². The quantitative estimate of drug-likeness (QED) is 0.875. The van der Waals surface area contributed by atoms with Crippen LogP contribution < -0.4 is 15.0 Å². The molecule has 1 fully saturated rings. The van der Waals surface area contributed by atoms with Crippen LogP contribution in [0.5, 0.6) is 5.75 Å². The molecule has 1 heterocycles. The lowest BCUT2D eigenvalue weighted by Crippen LogP contribution is -2.32. The second kappa shape index (κ2) is 7.79. The van der Waals surface area contributed by atoms with Gasteiger partial charge in [-0.25, -0.2) is 0 Å². The van der Waals surface area contributed by atoms with Crippen molar-refractivity contribution < 1.29 is 14.3 Å². The maximum Gasteiger partial charge on any atom is 0.227 e. The molecule has 136 valence electrons. The fourth-order valence-electron chi connectivity index (χ4n) is 3.03. The van der Waals surface area contributed by atoms with Crippen LogP contribution in [0.3, 0.4) is 0 Å². The third-order valence-corrected chi connectivity index (χ3v) is 4.75. The Bertz CT molecular complexity index is 820. The summed E-state index contributed by atoms with van der Waals surface area (Å²) in [6, 6.07) is 13.1. The summed E-state index contributed by atoms with van der Waals surface area (Å²) in [6.45, 7) is 2.78. The molecule has 6 heteroatoms. The zero-order valence-electron chi connectivity index (χ0n) is 14.8. The summed E-state index contributed by atoms with van der Waals surface area (Å²) < 4.78 is 5.32. The molecule has 5 nitrogen and oxygen atoms in total. The Hall–Kier alpha value is -2.53. The van der Waals surface area contributed by atoms with E-state index in [0.717, 1.165) is 5.56 Å². The fourth-order valence-corrected chi connectivity index (χ4v) is 3.20. The Kier molecular flexibility index (Phi) is 5.47. The number of carbonyl (C=O) groups excluding carboxylic acids is 2. The average Bonchev–Trinajstić information content (AvgIpc) is 3.02. The minimum absolute atomic E-state index is 0.110. The van der Waals surface area contributed by atoms with Crippen molar-refractivity contribution in [2.24, 2.45) is 5.92 Å². The first kappa shape index (κ1) is 18.3. The van der Waals surface area contributed by atoms with Crippen LogP contribution in [0.25, 0.3) is 0 Å². The molecular formula is C20H21ClN2O3. The topological polar surface area (TPSA) is 58.6 Å². The van der Waals surface area contributed by atoms with Gasteiger partial charge in [0, 0.05) is 24.5 Å². The van der Waals surface area contributed by atoms with Crippen LogP contribution in [0.2, 0.25) is 5.02 Å². The van der Waals surface area contributed by atoms with Crippen LogP contribution in [0, 0.1) is 12.8 Å². The lowest BCUT2D eigenvalue weighted by atomic mass is 10.1. The highest BCUT2D eigenvalue weighted by Gasteiger charge is 2.36. The van der Waals surface area contributed by atoms with E-state index in [-0.39, 0.29) is 18.2 Å². The Balaban J connectivity index is 1.66. The van der Waals surface area contributed by atoms with Gasteiger partial charge in [-0.1, -0.05) is 41.4 Å². The van der Waals surface area contributed by atoms with Gasteiger partial charge in [0.1, 0.15) is 5.75 Å². The van der Waals surface area contributed by atoms with Gasteiger partial charge in [-0.05, 0) is 30.7 Å². The lowest BCUT2D eigenvalue weighted by molar-refractivity contribution is -0.126. The smallest absolute Gasteiger partial charge is 0.227 e. The van der Waals surface area contributed by atoms with Crippen LogP contribution in [-0.4, -0.2) is 25.5 Å². The molecule has 0 aromatic heterocycles. The fraction of sp³-hybridized carbons (Fsp3) is 0.300. The van der Waals surface area contributed by atoms with Gasteiger partial charge in [0.05, 0.1) is 18.7 Å². The van der Waals surface area contributed by atoms with Crippen molar-refractivity contribution in [1.82, 2.24) is 5.32 Å². The van der Waals surface area contributed by atoms with Crippen molar-refractivity contribution in [3.8, 4) is 5.75 Å². The number of methoxy groups -OCH3 is 1. The van der Waals surface area contributed by atoms with Crippen molar-refractivity contribution in [2.45, 2.75) is 19.9 Å². The molecule has 0 bridgehead atoms. The summed E-state index contributed by atoms with van der Waals surface area (Å²) in [6.07, 6.45) is 0.176. The van der Waals surface area contributed by atoms with Gasteiger partial charge in [-0.2, -0.15) is 0 Å². The number of carbonyl (C=O) groups is 2. The number of hydrogen-bond acceptors (Lipinski definition) is 3. The number of halogens is 1. The van der Waals surface area contributed by atoms with E-state index in [1.54, 1.807) is 30.2 Å². The number of benzene rings is 2. The summed E-state index contributed by atoms with van der Waals surface area (Å²) in [5.41, 5.74) is 2.80. The maximum absolute atomic E-state index is 12.5. The first-order valence-electron chi connectivity index (χ1n) is 8.45. The molecule has 26 heavy (non-hydrogen) atoms. The first-order valence-corrected chi connectivity index (χ1v) is 8.83. The Morgan fingerprint density at radius 2 is 2.00 bits per heavy atom. The predicted octanol–water partition coefficient (Wildman–Crippen LogP) is 3.33. The van der Waals surface area contributed by atoms with Crippen molar-refractivity contribution in [1.29, 1.82) is 0 Å². The number of aryl methyl sites for hydroxylation is 1. The number of rotatable bonds is 5. The first-order chi connectivity index (χ1) is 12.5. The van der Waals surface area contributed by atoms with E-state index in [1.807, 2.05) is 31.2 Å². The predicted molar refractivity (Wildman–Crippen MR) is 101 cm³/mol. The molecule has 2 amide bonds. The summed E-state index contributed by atoms with van der Waals surface area (Å²) in [7, 11) is 1.54. The third-order valence-electron chi connectivity index (χ3n) is 4.51. The van der Waals surface area contributed by atoms with Gasteiger partial charge in [0.2, 0.25) is 11.8 Å².